The molecule has 0 amide bonds. The van der Waals surface area contributed by atoms with Gasteiger partial charge in [0.15, 0.2) is 0 Å². The average molecular weight is 272 g/mol. The van der Waals surface area contributed by atoms with E-state index in [9.17, 15) is 0 Å². The fraction of sp³-hybridized carbons (Fsp3) is 0.571. The summed E-state index contributed by atoms with van der Waals surface area (Å²) in [4.78, 5) is 0. The molecule has 0 fully saturated rings. The Morgan fingerprint density at radius 2 is 2.11 bits per heavy atom. The van der Waals surface area contributed by atoms with Crippen LogP contribution in [-0.2, 0) is 11.2 Å². The van der Waals surface area contributed by atoms with Crippen molar-refractivity contribution in [1.82, 2.24) is 0 Å². The number of hydrogen-bond acceptors (Lipinski definition) is 3. The predicted molar refractivity (Wildman–Crippen MR) is 75.4 cm³/mol. The molecule has 1 aromatic carbocycles. The van der Waals surface area contributed by atoms with E-state index in [1.165, 1.54) is 0 Å². The summed E-state index contributed by atoms with van der Waals surface area (Å²) in [5.41, 5.74) is 6.99. The fourth-order valence-electron chi connectivity index (χ4n) is 1.66. The lowest BCUT2D eigenvalue weighted by Crippen LogP contribution is -2.22. The third-order valence-corrected chi connectivity index (χ3v) is 3.17. The molecule has 18 heavy (non-hydrogen) atoms. The van der Waals surface area contributed by atoms with E-state index in [1.54, 1.807) is 7.11 Å². The highest BCUT2D eigenvalue weighted by Gasteiger charge is 2.11. The molecule has 2 N–H and O–H groups in total. The van der Waals surface area contributed by atoms with Gasteiger partial charge in [0.2, 0.25) is 0 Å². The van der Waals surface area contributed by atoms with Gasteiger partial charge in [0, 0.05) is 36.8 Å². The molecule has 0 saturated heterocycles. The van der Waals surface area contributed by atoms with Crippen LogP contribution in [0.3, 0.4) is 0 Å². The van der Waals surface area contributed by atoms with Crippen molar-refractivity contribution in [2.75, 3.05) is 20.3 Å². The zero-order valence-corrected chi connectivity index (χ0v) is 11.9. The van der Waals surface area contributed by atoms with Crippen molar-refractivity contribution < 1.29 is 9.47 Å². The molecule has 0 aliphatic heterocycles. The molecular formula is C14H22ClNO2. The van der Waals surface area contributed by atoms with Gasteiger partial charge in [-0.2, -0.15) is 0 Å². The van der Waals surface area contributed by atoms with E-state index < -0.39 is 0 Å². The van der Waals surface area contributed by atoms with Gasteiger partial charge < -0.3 is 15.2 Å². The van der Waals surface area contributed by atoms with Crippen LogP contribution >= 0.6 is 11.6 Å². The second-order valence-corrected chi connectivity index (χ2v) is 4.69. The molecule has 102 valence electrons. The van der Waals surface area contributed by atoms with Crippen LogP contribution in [0.4, 0.5) is 0 Å². The number of halogens is 1. The summed E-state index contributed by atoms with van der Waals surface area (Å²) in [7, 11) is 1.69. The van der Waals surface area contributed by atoms with Crippen LogP contribution in [0.15, 0.2) is 18.2 Å². The molecule has 0 aliphatic rings. The van der Waals surface area contributed by atoms with Crippen LogP contribution in [-0.4, -0.2) is 26.4 Å². The van der Waals surface area contributed by atoms with Gasteiger partial charge in [0.05, 0.1) is 6.61 Å². The van der Waals surface area contributed by atoms with Crippen molar-refractivity contribution >= 4 is 11.6 Å². The molecule has 1 atom stereocenters. The molecule has 1 aromatic rings. The molecular weight excluding hydrogens is 250 g/mol. The Kier molecular flexibility index (Phi) is 7.09. The summed E-state index contributed by atoms with van der Waals surface area (Å²) in [5.74, 6) is 0.836. The molecule has 0 radical (unpaired) electrons. The first kappa shape index (κ1) is 15.3. The van der Waals surface area contributed by atoms with Crippen LogP contribution in [0.5, 0.6) is 5.75 Å². The maximum absolute atomic E-state index is 6.21. The first-order chi connectivity index (χ1) is 8.69. The number of benzene rings is 1. The topological polar surface area (TPSA) is 44.5 Å². The minimum absolute atomic E-state index is 0.117. The molecule has 0 aromatic heterocycles. The fourth-order valence-corrected chi connectivity index (χ4v) is 1.91. The standard InChI is InChI=1S/C14H22ClNO2/c1-3-11(16)10-12-13(15)6-4-7-14(12)18-9-5-8-17-2/h4,6-7,11H,3,5,8-10,16H2,1-2H3. The number of methoxy groups -OCH3 is 1. The van der Waals surface area contributed by atoms with E-state index in [4.69, 9.17) is 26.8 Å². The average Bonchev–Trinajstić information content (AvgIpc) is 2.38. The maximum atomic E-state index is 6.21. The Labute approximate surface area is 114 Å². The first-order valence-corrected chi connectivity index (χ1v) is 6.71. The molecule has 0 saturated carbocycles. The van der Waals surface area contributed by atoms with E-state index in [0.717, 1.165) is 35.6 Å². The SMILES string of the molecule is CCC(N)Cc1c(Cl)cccc1OCCCOC. The Morgan fingerprint density at radius 3 is 2.78 bits per heavy atom. The molecule has 0 heterocycles. The van der Waals surface area contributed by atoms with Crippen LogP contribution < -0.4 is 10.5 Å². The Morgan fingerprint density at radius 1 is 1.33 bits per heavy atom. The molecule has 1 rings (SSSR count). The van der Waals surface area contributed by atoms with Gasteiger partial charge in [-0.05, 0) is 25.0 Å². The normalized spacial score (nSPS) is 12.4. The largest absolute Gasteiger partial charge is 0.493 e. The van der Waals surface area contributed by atoms with Crippen LogP contribution in [0.1, 0.15) is 25.3 Å². The number of rotatable bonds is 8. The number of hydrogen-bond donors (Lipinski definition) is 1. The van der Waals surface area contributed by atoms with E-state index in [0.29, 0.717) is 13.2 Å². The highest BCUT2D eigenvalue weighted by molar-refractivity contribution is 6.31. The smallest absolute Gasteiger partial charge is 0.124 e. The van der Waals surface area contributed by atoms with Gasteiger partial charge in [0.1, 0.15) is 5.75 Å². The van der Waals surface area contributed by atoms with Gasteiger partial charge >= 0.3 is 0 Å². The quantitative estimate of drug-likeness (QED) is 0.739. The van der Waals surface area contributed by atoms with E-state index in [2.05, 4.69) is 6.92 Å². The second kappa shape index (κ2) is 8.35. The molecule has 4 heteroatoms. The zero-order valence-electron chi connectivity index (χ0n) is 11.1. The van der Waals surface area contributed by atoms with Crippen molar-refractivity contribution in [2.24, 2.45) is 5.73 Å². The van der Waals surface area contributed by atoms with Gasteiger partial charge in [-0.1, -0.05) is 24.6 Å². The molecule has 0 spiro atoms. The lowest BCUT2D eigenvalue weighted by atomic mass is 10.0. The third kappa shape index (κ3) is 4.84. The Bertz CT molecular complexity index is 358. The summed E-state index contributed by atoms with van der Waals surface area (Å²) in [6, 6.07) is 5.83. The minimum Gasteiger partial charge on any atom is -0.493 e. The lowest BCUT2D eigenvalue weighted by Gasteiger charge is -2.15. The molecule has 3 nitrogen and oxygen atoms in total. The number of nitrogens with two attached hydrogens (primary N) is 1. The van der Waals surface area contributed by atoms with E-state index in [1.807, 2.05) is 18.2 Å². The van der Waals surface area contributed by atoms with Gasteiger partial charge in [0.25, 0.3) is 0 Å². The van der Waals surface area contributed by atoms with Crippen molar-refractivity contribution in [2.45, 2.75) is 32.2 Å². The highest BCUT2D eigenvalue weighted by atomic mass is 35.5. The van der Waals surface area contributed by atoms with E-state index >= 15 is 0 Å². The third-order valence-electron chi connectivity index (χ3n) is 2.82. The number of ether oxygens (including phenoxy) is 2. The highest BCUT2D eigenvalue weighted by Crippen LogP contribution is 2.28. The molecule has 0 aliphatic carbocycles. The summed E-state index contributed by atoms with van der Waals surface area (Å²) in [6.45, 7) is 3.40. The van der Waals surface area contributed by atoms with Crippen LogP contribution in [0.2, 0.25) is 5.02 Å². The lowest BCUT2D eigenvalue weighted by molar-refractivity contribution is 0.171. The van der Waals surface area contributed by atoms with Gasteiger partial charge in [-0.3, -0.25) is 0 Å². The van der Waals surface area contributed by atoms with Crippen molar-refractivity contribution in [3.63, 3.8) is 0 Å². The first-order valence-electron chi connectivity index (χ1n) is 6.33. The monoisotopic (exact) mass is 271 g/mol. The molecule has 1 unspecified atom stereocenters. The zero-order chi connectivity index (χ0) is 13.4. The Hall–Kier alpha value is -0.770. The molecule has 0 bridgehead atoms. The van der Waals surface area contributed by atoms with Gasteiger partial charge in [-0.25, -0.2) is 0 Å². The van der Waals surface area contributed by atoms with Crippen molar-refractivity contribution in [1.29, 1.82) is 0 Å². The van der Waals surface area contributed by atoms with Crippen molar-refractivity contribution in [3.8, 4) is 5.75 Å². The maximum Gasteiger partial charge on any atom is 0.124 e. The predicted octanol–water partition coefficient (Wildman–Crippen LogP) is 3.04. The second-order valence-electron chi connectivity index (χ2n) is 4.28. The van der Waals surface area contributed by atoms with E-state index in [-0.39, 0.29) is 6.04 Å². The van der Waals surface area contributed by atoms with Crippen molar-refractivity contribution in [3.05, 3.63) is 28.8 Å². The van der Waals surface area contributed by atoms with Gasteiger partial charge in [-0.15, -0.1) is 0 Å². The van der Waals surface area contributed by atoms with Crippen LogP contribution in [0, 0.1) is 0 Å². The summed E-state index contributed by atoms with van der Waals surface area (Å²) >= 11 is 6.21. The summed E-state index contributed by atoms with van der Waals surface area (Å²) in [5, 5.41) is 0.725. The van der Waals surface area contributed by atoms with Crippen LogP contribution in [0.25, 0.3) is 0 Å². The summed E-state index contributed by atoms with van der Waals surface area (Å²) in [6.07, 6.45) is 2.53. The summed E-state index contributed by atoms with van der Waals surface area (Å²) < 4.78 is 10.7. The minimum atomic E-state index is 0.117. The Balaban J connectivity index is 2.67.